The first-order valence-corrected chi connectivity index (χ1v) is 8.57. The molecule has 2 aromatic carbocycles. The Labute approximate surface area is 149 Å². The van der Waals surface area contributed by atoms with Crippen molar-refractivity contribution in [3.05, 3.63) is 66.2 Å². The van der Waals surface area contributed by atoms with Crippen molar-refractivity contribution in [1.29, 1.82) is 0 Å². The average Bonchev–Trinajstić information content (AvgIpc) is 2.65. The number of urea groups is 1. The standard InChI is InChI=1S/C18H18N2O4S/c21-16(20-18(23)19-11-14-7-3-1-4-8-14)12-24-17(22)13-25-15-9-5-2-6-10-15/h1-10H,11-13H2,(H2,19,20,21,23). The van der Waals surface area contributed by atoms with Crippen molar-refractivity contribution in [3.63, 3.8) is 0 Å². The summed E-state index contributed by atoms with van der Waals surface area (Å²) < 4.78 is 4.84. The van der Waals surface area contributed by atoms with Gasteiger partial charge in [-0.1, -0.05) is 48.5 Å². The Hall–Kier alpha value is -2.80. The van der Waals surface area contributed by atoms with Gasteiger partial charge in [0.2, 0.25) is 0 Å². The maximum Gasteiger partial charge on any atom is 0.321 e. The predicted molar refractivity (Wildman–Crippen MR) is 94.9 cm³/mol. The molecule has 2 aromatic rings. The first kappa shape index (κ1) is 18.5. The summed E-state index contributed by atoms with van der Waals surface area (Å²) in [6, 6.07) is 18.0. The molecule has 0 aromatic heterocycles. The fraction of sp³-hybridized carbons (Fsp3) is 0.167. The molecule has 0 spiro atoms. The highest BCUT2D eigenvalue weighted by Gasteiger charge is 2.11. The fourth-order valence-electron chi connectivity index (χ4n) is 1.83. The number of thioether (sulfide) groups is 1. The molecule has 0 saturated heterocycles. The van der Waals surface area contributed by atoms with Crippen LogP contribution in [0, 0.1) is 0 Å². The third-order valence-electron chi connectivity index (χ3n) is 3.01. The molecule has 0 saturated carbocycles. The van der Waals surface area contributed by atoms with E-state index >= 15 is 0 Å². The predicted octanol–water partition coefficient (Wildman–Crippen LogP) is 2.35. The minimum atomic E-state index is -0.677. The van der Waals surface area contributed by atoms with Crippen LogP contribution in [0.2, 0.25) is 0 Å². The number of imide groups is 1. The Kier molecular flexibility index (Phi) is 7.52. The van der Waals surface area contributed by atoms with E-state index < -0.39 is 24.5 Å². The van der Waals surface area contributed by atoms with Crippen molar-refractivity contribution in [2.75, 3.05) is 12.4 Å². The fourth-order valence-corrected chi connectivity index (χ4v) is 2.55. The van der Waals surface area contributed by atoms with E-state index in [0.717, 1.165) is 10.5 Å². The lowest BCUT2D eigenvalue weighted by molar-refractivity contribution is -0.145. The maximum absolute atomic E-state index is 11.6. The Morgan fingerprint density at radius 1 is 0.920 bits per heavy atom. The first-order chi connectivity index (χ1) is 12.1. The number of nitrogens with one attached hydrogen (secondary N) is 2. The Morgan fingerprint density at radius 3 is 2.24 bits per heavy atom. The Balaban J connectivity index is 1.61. The monoisotopic (exact) mass is 358 g/mol. The molecular weight excluding hydrogens is 340 g/mol. The molecule has 0 fully saturated rings. The highest BCUT2D eigenvalue weighted by Crippen LogP contribution is 2.16. The van der Waals surface area contributed by atoms with Crippen LogP contribution in [0.4, 0.5) is 4.79 Å². The summed E-state index contributed by atoms with van der Waals surface area (Å²) >= 11 is 1.31. The molecule has 0 unspecified atom stereocenters. The van der Waals surface area contributed by atoms with Crippen molar-refractivity contribution in [3.8, 4) is 0 Å². The molecule has 130 valence electrons. The van der Waals surface area contributed by atoms with Crippen molar-refractivity contribution in [2.24, 2.45) is 0 Å². The van der Waals surface area contributed by atoms with Crippen LogP contribution in [0.3, 0.4) is 0 Å². The molecule has 0 aliphatic carbocycles. The second-order valence-corrected chi connectivity index (χ2v) is 6.03. The lowest BCUT2D eigenvalue weighted by Gasteiger charge is -2.07. The first-order valence-electron chi connectivity index (χ1n) is 7.58. The molecular formula is C18H18N2O4S. The smallest absolute Gasteiger partial charge is 0.321 e. The molecule has 0 bridgehead atoms. The van der Waals surface area contributed by atoms with E-state index in [1.165, 1.54) is 11.8 Å². The van der Waals surface area contributed by atoms with Gasteiger partial charge in [0.25, 0.3) is 5.91 Å². The number of hydrogen-bond donors (Lipinski definition) is 2. The van der Waals surface area contributed by atoms with Crippen LogP contribution in [0.15, 0.2) is 65.6 Å². The number of hydrogen-bond acceptors (Lipinski definition) is 5. The topological polar surface area (TPSA) is 84.5 Å². The van der Waals surface area contributed by atoms with E-state index in [0.29, 0.717) is 6.54 Å². The van der Waals surface area contributed by atoms with Crippen LogP contribution in [0.1, 0.15) is 5.56 Å². The molecule has 3 amide bonds. The van der Waals surface area contributed by atoms with Crippen LogP contribution < -0.4 is 10.6 Å². The van der Waals surface area contributed by atoms with Crippen LogP contribution in [0.25, 0.3) is 0 Å². The van der Waals surface area contributed by atoms with E-state index in [-0.39, 0.29) is 5.75 Å². The molecule has 0 radical (unpaired) electrons. The van der Waals surface area contributed by atoms with E-state index in [1.807, 2.05) is 60.7 Å². The summed E-state index contributed by atoms with van der Waals surface area (Å²) in [4.78, 5) is 35.7. The second kappa shape index (κ2) is 10.1. The van der Waals surface area contributed by atoms with E-state index in [4.69, 9.17) is 4.74 Å². The number of amides is 3. The zero-order chi connectivity index (χ0) is 17.9. The molecule has 2 rings (SSSR count). The second-order valence-electron chi connectivity index (χ2n) is 4.98. The summed E-state index contributed by atoms with van der Waals surface area (Å²) in [6.45, 7) is -0.194. The van der Waals surface area contributed by atoms with Crippen LogP contribution in [-0.4, -0.2) is 30.3 Å². The van der Waals surface area contributed by atoms with Gasteiger partial charge in [0.05, 0.1) is 5.75 Å². The largest absolute Gasteiger partial charge is 0.455 e. The molecule has 0 heterocycles. The van der Waals surface area contributed by atoms with E-state index in [9.17, 15) is 14.4 Å². The van der Waals surface area contributed by atoms with Gasteiger partial charge in [-0.2, -0.15) is 0 Å². The van der Waals surface area contributed by atoms with Crippen LogP contribution >= 0.6 is 11.8 Å². The molecule has 2 N–H and O–H groups in total. The van der Waals surface area contributed by atoms with E-state index in [2.05, 4.69) is 10.6 Å². The van der Waals surface area contributed by atoms with Gasteiger partial charge in [0.1, 0.15) is 0 Å². The normalized spacial score (nSPS) is 9.92. The number of carbonyl (C=O) groups excluding carboxylic acids is 3. The summed E-state index contributed by atoms with van der Waals surface area (Å²) in [5, 5.41) is 4.65. The lowest BCUT2D eigenvalue weighted by atomic mass is 10.2. The highest BCUT2D eigenvalue weighted by molar-refractivity contribution is 8.00. The highest BCUT2D eigenvalue weighted by atomic mass is 32.2. The Morgan fingerprint density at radius 2 is 1.56 bits per heavy atom. The molecule has 6 nitrogen and oxygen atoms in total. The quantitative estimate of drug-likeness (QED) is 0.586. The van der Waals surface area contributed by atoms with Gasteiger partial charge < -0.3 is 10.1 Å². The van der Waals surface area contributed by atoms with Crippen molar-refractivity contribution in [2.45, 2.75) is 11.4 Å². The van der Waals surface area contributed by atoms with Gasteiger partial charge in [-0.05, 0) is 17.7 Å². The number of esters is 1. The number of ether oxygens (including phenoxy) is 1. The van der Waals surface area contributed by atoms with Gasteiger partial charge in [0.15, 0.2) is 6.61 Å². The van der Waals surface area contributed by atoms with Crippen molar-refractivity contribution >= 4 is 29.7 Å². The van der Waals surface area contributed by atoms with Gasteiger partial charge in [0, 0.05) is 11.4 Å². The third kappa shape index (κ3) is 7.54. The third-order valence-corrected chi connectivity index (χ3v) is 4.00. The minimum absolute atomic E-state index is 0.0947. The van der Waals surface area contributed by atoms with Gasteiger partial charge in [-0.3, -0.25) is 14.9 Å². The molecule has 7 heteroatoms. The number of benzene rings is 2. The zero-order valence-electron chi connectivity index (χ0n) is 13.4. The molecule has 25 heavy (non-hydrogen) atoms. The van der Waals surface area contributed by atoms with Gasteiger partial charge in [-0.15, -0.1) is 11.8 Å². The molecule has 0 aliphatic rings. The van der Waals surface area contributed by atoms with Gasteiger partial charge in [-0.25, -0.2) is 4.79 Å². The SMILES string of the molecule is O=C(COC(=O)CSc1ccccc1)NC(=O)NCc1ccccc1. The Bertz CT molecular complexity index is 708. The van der Waals surface area contributed by atoms with Crippen LogP contribution in [0.5, 0.6) is 0 Å². The molecule has 0 aliphatic heterocycles. The van der Waals surface area contributed by atoms with E-state index in [1.54, 1.807) is 0 Å². The number of carbonyl (C=O) groups is 3. The van der Waals surface area contributed by atoms with Crippen molar-refractivity contribution < 1.29 is 19.1 Å². The van der Waals surface area contributed by atoms with Crippen LogP contribution in [-0.2, 0) is 20.9 Å². The zero-order valence-corrected chi connectivity index (χ0v) is 14.3. The van der Waals surface area contributed by atoms with Gasteiger partial charge >= 0.3 is 12.0 Å². The summed E-state index contributed by atoms with van der Waals surface area (Å²) in [5.41, 5.74) is 0.912. The summed E-state index contributed by atoms with van der Waals surface area (Å²) in [7, 11) is 0. The summed E-state index contributed by atoms with van der Waals surface area (Å²) in [5.74, 6) is -1.10. The maximum atomic E-state index is 11.6. The van der Waals surface area contributed by atoms with Crippen molar-refractivity contribution in [1.82, 2.24) is 10.6 Å². The molecule has 0 atom stereocenters. The lowest BCUT2D eigenvalue weighted by Crippen LogP contribution is -2.41. The average molecular weight is 358 g/mol. The number of rotatable bonds is 7. The summed E-state index contributed by atoms with van der Waals surface area (Å²) in [6.07, 6.45) is 0. The minimum Gasteiger partial charge on any atom is -0.455 e.